The molecule has 0 aliphatic heterocycles. The Bertz CT molecular complexity index is 802. The minimum Gasteiger partial charge on any atom is -0.396 e. The zero-order valence-corrected chi connectivity index (χ0v) is 12.5. The lowest BCUT2D eigenvalue weighted by molar-refractivity contribution is 0.103. The van der Waals surface area contributed by atoms with Gasteiger partial charge in [0.05, 0.1) is 5.69 Å². The van der Waals surface area contributed by atoms with Gasteiger partial charge in [-0.1, -0.05) is 22.0 Å². The van der Waals surface area contributed by atoms with E-state index in [-0.39, 0.29) is 5.91 Å². The standard InChI is InChI=1S/C13H9BrN4OS/c14-7-2-1-3-8(6-7)18-12(19)11-9(15)10-13(20-11)17-5-4-16-10/h1-6H,15H2,(H,18,19). The van der Waals surface area contributed by atoms with E-state index < -0.39 is 0 Å². The van der Waals surface area contributed by atoms with Gasteiger partial charge >= 0.3 is 0 Å². The van der Waals surface area contributed by atoms with E-state index in [1.807, 2.05) is 24.3 Å². The van der Waals surface area contributed by atoms with E-state index in [0.29, 0.717) is 26.6 Å². The van der Waals surface area contributed by atoms with Crippen molar-refractivity contribution in [2.75, 3.05) is 11.1 Å². The predicted octanol–water partition coefficient (Wildman–Crippen LogP) is 3.29. The third kappa shape index (κ3) is 2.37. The Kier molecular flexibility index (Phi) is 3.37. The number of thiophene rings is 1. The van der Waals surface area contributed by atoms with E-state index in [2.05, 4.69) is 31.2 Å². The quantitative estimate of drug-likeness (QED) is 0.744. The summed E-state index contributed by atoms with van der Waals surface area (Å²) in [5.74, 6) is -0.259. The molecule has 0 atom stereocenters. The van der Waals surface area contributed by atoms with E-state index in [9.17, 15) is 4.79 Å². The lowest BCUT2D eigenvalue weighted by Gasteiger charge is -2.04. The Labute approximate surface area is 127 Å². The molecule has 0 unspecified atom stereocenters. The number of aromatic nitrogens is 2. The second-order valence-corrected chi connectivity index (χ2v) is 5.93. The Morgan fingerprint density at radius 2 is 2.10 bits per heavy atom. The molecular formula is C13H9BrN4OS. The number of nitrogen functional groups attached to an aromatic ring is 1. The zero-order valence-electron chi connectivity index (χ0n) is 10.1. The average Bonchev–Trinajstić information content (AvgIpc) is 2.77. The minimum absolute atomic E-state index is 0.259. The molecule has 0 bridgehead atoms. The fourth-order valence-corrected chi connectivity index (χ4v) is 3.08. The molecule has 0 saturated heterocycles. The number of hydrogen-bond donors (Lipinski definition) is 2. The molecule has 5 nitrogen and oxygen atoms in total. The monoisotopic (exact) mass is 348 g/mol. The van der Waals surface area contributed by atoms with Crippen LogP contribution in [0.2, 0.25) is 0 Å². The Hall–Kier alpha value is -1.99. The molecule has 2 heterocycles. The molecular weight excluding hydrogens is 340 g/mol. The first kappa shape index (κ1) is 13.0. The molecule has 3 rings (SSSR count). The molecule has 0 saturated carbocycles. The van der Waals surface area contributed by atoms with Crippen LogP contribution >= 0.6 is 27.3 Å². The summed E-state index contributed by atoms with van der Waals surface area (Å²) in [4.78, 5) is 21.6. The van der Waals surface area contributed by atoms with E-state index in [4.69, 9.17) is 5.73 Å². The first-order chi connectivity index (χ1) is 9.65. The topological polar surface area (TPSA) is 80.9 Å². The summed E-state index contributed by atoms with van der Waals surface area (Å²) in [5.41, 5.74) is 7.59. The summed E-state index contributed by atoms with van der Waals surface area (Å²) < 4.78 is 0.892. The number of carbonyl (C=O) groups is 1. The van der Waals surface area contributed by atoms with Crippen LogP contribution in [0.1, 0.15) is 9.67 Å². The minimum atomic E-state index is -0.259. The van der Waals surface area contributed by atoms with Gasteiger partial charge in [-0.15, -0.1) is 11.3 Å². The summed E-state index contributed by atoms with van der Waals surface area (Å²) in [7, 11) is 0. The number of nitrogens with zero attached hydrogens (tertiary/aromatic N) is 2. The van der Waals surface area contributed by atoms with Crippen LogP contribution in [-0.4, -0.2) is 15.9 Å². The van der Waals surface area contributed by atoms with Crippen molar-refractivity contribution >= 4 is 54.9 Å². The van der Waals surface area contributed by atoms with Crippen LogP contribution in [0, 0.1) is 0 Å². The van der Waals surface area contributed by atoms with Crippen LogP contribution < -0.4 is 11.1 Å². The van der Waals surface area contributed by atoms with E-state index in [1.165, 1.54) is 11.3 Å². The third-order valence-electron chi connectivity index (χ3n) is 2.65. The van der Waals surface area contributed by atoms with Gasteiger partial charge in [-0.3, -0.25) is 4.79 Å². The second kappa shape index (κ2) is 5.18. The van der Waals surface area contributed by atoms with Crippen molar-refractivity contribution in [1.29, 1.82) is 0 Å². The molecule has 0 aliphatic rings. The molecule has 2 aromatic heterocycles. The summed E-state index contributed by atoms with van der Waals surface area (Å²) in [6.45, 7) is 0. The van der Waals surface area contributed by atoms with Gasteiger partial charge in [0.2, 0.25) is 0 Å². The third-order valence-corrected chi connectivity index (χ3v) is 4.25. The number of anilines is 2. The van der Waals surface area contributed by atoms with Gasteiger partial charge < -0.3 is 11.1 Å². The normalized spacial score (nSPS) is 10.7. The number of benzene rings is 1. The van der Waals surface area contributed by atoms with Gasteiger partial charge in [0, 0.05) is 22.6 Å². The number of amides is 1. The first-order valence-electron chi connectivity index (χ1n) is 5.71. The van der Waals surface area contributed by atoms with E-state index >= 15 is 0 Å². The van der Waals surface area contributed by atoms with Crippen molar-refractivity contribution in [1.82, 2.24) is 9.97 Å². The number of hydrogen-bond acceptors (Lipinski definition) is 5. The number of carbonyl (C=O) groups excluding carboxylic acids is 1. The maximum atomic E-state index is 12.3. The number of fused-ring (bicyclic) bond motifs is 1. The number of nitrogens with two attached hydrogens (primary N) is 1. The Balaban J connectivity index is 1.95. The van der Waals surface area contributed by atoms with Crippen molar-refractivity contribution in [2.45, 2.75) is 0 Å². The molecule has 0 radical (unpaired) electrons. The van der Waals surface area contributed by atoms with E-state index in [0.717, 1.165) is 4.47 Å². The highest BCUT2D eigenvalue weighted by atomic mass is 79.9. The highest BCUT2D eigenvalue weighted by molar-refractivity contribution is 9.10. The number of halogens is 1. The molecule has 0 spiro atoms. The molecule has 0 fully saturated rings. The predicted molar refractivity (Wildman–Crippen MR) is 83.9 cm³/mol. The molecule has 0 aliphatic carbocycles. The van der Waals surface area contributed by atoms with Crippen molar-refractivity contribution in [2.24, 2.45) is 0 Å². The Morgan fingerprint density at radius 1 is 1.30 bits per heavy atom. The largest absolute Gasteiger partial charge is 0.396 e. The van der Waals surface area contributed by atoms with Crippen LogP contribution in [0.4, 0.5) is 11.4 Å². The maximum absolute atomic E-state index is 12.3. The fourth-order valence-electron chi connectivity index (χ4n) is 1.77. The molecule has 3 aromatic rings. The van der Waals surface area contributed by atoms with Crippen molar-refractivity contribution in [3.63, 3.8) is 0 Å². The molecule has 100 valence electrons. The van der Waals surface area contributed by atoms with Crippen LogP contribution in [0.5, 0.6) is 0 Å². The summed E-state index contributed by atoms with van der Waals surface area (Å²) in [6, 6.07) is 7.36. The molecule has 7 heteroatoms. The van der Waals surface area contributed by atoms with Gasteiger partial charge in [-0.2, -0.15) is 0 Å². The van der Waals surface area contributed by atoms with Crippen molar-refractivity contribution in [3.05, 3.63) is 46.0 Å². The lowest BCUT2D eigenvalue weighted by atomic mass is 10.3. The number of rotatable bonds is 2. The van der Waals surface area contributed by atoms with Gasteiger partial charge in [-0.05, 0) is 18.2 Å². The van der Waals surface area contributed by atoms with Crippen molar-refractivity contribution < 1.29 is 4.79 Å². The maximum Gasteiger partial charge on any atom is 0.268 e. The lowest BCUT2D eigenvalue weighted by Crippen LogP contribution is -2.11. The fraction of sp³-hybridized carbons (Fsp3) is 0. The van der Waals surface area contributed by atoms with Crippen LogP contribution in [-0.2, 0) is 0 Å². The molecule has 1 aromatic carbocycles. The molecule has 3 N–H and O–H groups in total. The van der Waals surface area contributed by atoms with Crippen LogP contribution in [0.25, 0.3) is 10.3 Å². The van der Waals surface area contributed by atoms with E-state index in [1.54, 1.807) is 12.4 Å². The Morgan fingerprint density at radius 3 is 2.85 bits per heavy atom. The highest BCUT2D eigenvalue weighted by Gasteiger charge is 2.17. The van der Waals surface area contributed by atoms with Gasteiger partial charge in [-0.25, -0.2) is 9.97 Å². The van der Waals surface area contributed by atoms with Crippen molar-refractivity contribution in [3.8, 4) is 0 Å². The molecule has 1 amide bonds. The second-order valence-electron chi connectivity index (χ2n) is 4.02. The number of nitrogens with one attached hydrogen (secondary N) is 1. The summed E-state index contributed by atoms with van der Waals surface area (Å²) in [5, 5.41) is 2.81. The summed E-state index contributed by atoms with van der Waals surface area (Å²) >= 11 is 4.59. The van der Waals surface area contributed by atoms with Crippen LogP contribution in [0.3, 0.4) is 0 Å². The van der Waals surface area contributed by atoms with Gasteiger partial charge in [0.25, 0.3) is 5.91 Å². The molecule has 20 heavy (non-hydrogen) atoms. The average molecular weight is 349 g/mol. The van der Waals surface area contributed by atoms with Gasteiger partial charge in [0.1, 0.15) is 15.2 Å². The SMILES string of the molecule is Nc1c(C(=O)Nc2cccc(Br)c2)sc2nccnc12. The zero-order chi connectivity index (χ0) is 14.1. The first-order valence-corrected chi connectivity index (χ1v) is 7.32. The van der Waals surface area contributed by atoms with Crippen LogP contribution in [0.15, 0.2) is 41.1 Å². The highest BCUT2D eigenvalue weighted by Crippen LogP contribution is 2.31. The smallest absolute Gasteiger partial charge is 0.268 e. The summed E-state index contributed by atoms with van der Waals surface area (Å²) in [6.07, 6.45) is 3.13. The van der Waals surface area contributed by atoms with Gasteiger partial charge in [0.15, 0.2) is 0 Å².